The number of aromatic nitrogens is 4. The monoisotopic (exact) mass is 445 g/mol. The second-order valence-corrected chi connectivity index (χ2v) is 7.60. The Balaban J connectivity index is 1.77. The van der Waals surface area contributed by atoms with Crippen LogP contribution in [0.2, 0.25) is 0 Å². The summed E-state index contributed by atoms with van der Waals surface area (Å²) in [6.45, 7) is 3.84. The van der Waals surface area contributed by atoms with Gasteiger partial charge in [0.2, 0.25) is 0 Å². The largest absolute Gasteiger partial charge is 0.276 e. The van der Waals surface area contributed by atoms with E-state index in [-0.39, 0.29) is 11.1 Å². The Morgan fingerprint density at radius 2 is 1.27 bits per heavy atom. The van der Waals surface area contributed by atoms with Crippen molar-refractivity contribution in [1.82, 2.24) is 18.7 Å². The van der Waals surface area contributed by atoms with Crippen molar-refractivity contribution in [2.75, 3.05) is 5.43 Å². The van der Waals surface area contributed by atoms with Gasteiger partial charge in [0, 0.05) is 14.1 Å². The fourth-order valence-electron chi connectivity index (χ4n) is 4.03. The van der Waals surface area contributed by atoms with Crippen molar-refractivity contribution < 1.29 is 0 Å². The summed E-state index contributed by atoms with van der Waals surface area (Å²) in [5.74, 6) is 1.01. The van der Waals surface area contributed by atoms with Crippen molar-refractivity contribution in [1.29, 1.82) is 0 Å². The molecule has 170 valence electrons. The second-order valence-electron chi connectivity index (χ2n) is 7.60. The molecule has 0 fully saturated rings. The third-order valence-corrected chi connectivity index (χ3v) is 5.69. The molecule has 0 amide bonds. The molecular formula is C24H27N7O2. The Kier molecular flexibility index (Phi) is 6.12. The molecular weight excluding hydrogens is 418 g/mol. The van der Waals surface area contributed by atoms with Crippen LogP contribution in [0.15, 0.2) is 80.6 Å². The van der Waals surface area contributed by atoms with E-state index in [1.807, 2.05) is 74.5 Å². The van der Waals surface area contributed by atoms with Crippen molar-refractivity contribution in [3.8, 4) is 11.4 Å². The van der Waals surface area contributed by atoms with E-state index in [0.29, 0.717) is 35.6 Å². The zero-order chi connectivity index (χ0) is 23.5. The number of anilines is 1. The predicted molar refractivity (Wildman–Crippen MR) is 129 cm³/mol. The van der Waals surface area contributed by atoms with Crippen LogP contribution >= 0.6 is 0 Å². The summed E-state index contributed by atoms with van der Waals surface area (Å²) in [5, 5.41) is 8.57. The van der Waals surface area contributed by atoms with E-state index in [1.54, 1.807) is 32.8 Å². The molecule has 4 rings (SSSR count). The quantitative estimate of drug-likeness (QED) is 0.345. The lowest BCUT2D eigenvalue weighted by molar-refractivity contribution is 0.640. The highest BCUT2D eigenvalue weighted by atomic mass is 16.1. The molecule has 2 heterocycles. The van der Waals surface area contributed by atoms with Gasteiger partial charge in [-0.1, -0.05) is 55.5 Å². The fourth-order valence-corrected chi connectivity index (χ4v) is 4.03. The van der Waals surface area contributed by atoms with Gasteiger partial charge in [-0.15, -0.1) is 5.11 Å². The van der Waals surface area contributed by atoms with Crippen molar-refractivity contribution in [3.63, 3.8) is 0 Å². The summed E-state index contributed by atoms with van der Waals surface area (Å²) in [5.41, 5.74) is 5.48. The van der Waals surface area contributed by atoms with Gasteiger partial charge in [0.15, 0.2) is 11.6 Å². The molecule has 0 bridgehead atoms. The molecule has 0 unspecified atom stereocenters. The van der Waals surface area contributed by atoms with Crippen molar-refractivity contribution in [2.24, 2.45) is 24.4 Å². The first-order chi connectivity index (χ1) is 16.0. The maximum absolute atomic E-state index is 13.0. The van der Waals surface area contributed by atoms with Gasteiger partial charge in [-0.3, -0.25) is 14.3 Å². The van der Waals surface area contributed by atoms with Crippen LogP contribution in [0.1, 0.15) is 25.0 Å². The summed E-state index contributed by atoms with van der Waals surface area (Å²) < 4.78 is 6.59. The number of rotatable bonds is 7. The molecule has 0 atom stereocenters. The van der Waals surface area contributed by atoms with Crippen LogP contribution in [0.3, 0.4) is 0 Å². The third kappa shape index (κ3) is 3.82. The first-order valence-electron chi connectivity index (χ1n) is 10.9. The lowest BCUT2D eigenvalue weighted by Crippen LogP contribution is -2.20. The molecule has 1 N–H and O–H groups in total. The lowest BCUT2D eigenvalue weighted by Gasteiger charge is -2.11. The van der Waals surface area contributed by atoms with E-state index in [4.69, 9.17) is 0 Å². The van der Waals surface area contributed by atoms with E-state index >= 15 is 0 Å². The number of hydrogen-bond acceptors (Lipinski definition) is 4. The van der Waals surface area contributed by atoms with Gasteiger partial charge in [-0.2, -0.15) is 0 Å². The Hall–Kier alpha value is -4.14. The van der Waals surface area contributed by atoms with E-state index in [2.05, 4.69) is 15.8 Å². The average Bonchev–Trinajstić information content (AvgIpc) is 3.23. The third-order valence-electron chi connectivity index (χ3n) is 5.69. The Bertz CT molecular complexity index is 1410. The molecule has 4 aromatic rings. The van der Waals surface area contributed by atoms with E-state index in [1.165, 1.54) is 0 Å². The van der Waals surface area contributed by atoms with Crippen molar-refractivity contribution >= 4 is 11.6 Å². The normalized spacial score (nSPS) is 11.4. The Morgan fingerprint density at radius 3 is 1.82 bits per heavy atom. The topological polar surface area (TPSA) is 90.6 Å². The van der Waals surface area contributed by atoms with Crippen LogP contribution < -0.4 is 16.5 Å². The molecule has 9 nitrogen and oxygen atoms in total. The predicted octanol–water partition coefficient (Wildman–Crippen LogP) is 3.90. The standard InChI is InChI=1S/C24H27N7O2/c1-5-19-21(28(3)31(24(19)33)18-15-11-8-12-16-18)25-27-26-22-20(6-2)23(32)29(4)30(22)17-13-9-7-10-14-17/h7-16H,5-6H2,1-4H3,(H,25,26). The first-order valence-corrected chi connectivity index (χ1v) is 10.9. The number of nitrogens with one attached hydrogen (secondary N) is 1. The molecule has 2 aromatic heterocycles. The van der Waals surface area contributed by atoms with Gasteiger partial charge in [-0.25, -0.2) is 19.5 Å². The second kappa shape index (κ2) is 9.15. The smallest absolute Gasteiger partial charge is 0.267 e. The molecule has 2 aromatic carbocycles. The lowest BCUT2D eigenvalue weighted by atomic mass is 10.2. The van der Waals surface area contributed by atoms with Crippen LogP contribution in [-0.2, 0) is 26.9 Å². The maximum atomic E-state index is 13.0. The highest BCUT2D eigenvalue weighted by molar-refractivity contribution is 5.51. The van der Waals surface area contributed by atoms with Gasteiger partial charge >= 0.3 is 0 Å². The number of hydrogen-bond donors (Lipinski definition) is 1. The van der Waals surface area contributed by atoms with Gasteiger partial charge in [0.1, 0.15) is 0 Å². The van der Waals surface area contributed by atoms with Crippen LogP contribution in [0, 0.1) is 0 Å². The molecule has 0 aliphatic carbocycles. The summed E-state index contributed by atoms with van der Waals surface area (Å²) in [4.78, 5) is 25.8. The maximum Gasteiger partial charge on any atom is 0.276 e. The van der Waals surface area contributed by atoms with Crippen LogP contribution in [0.25, 0.3) is 11.4 Å². The number of benzene rings is 2. The van der Waals surface area contributed by atoms with Gasteiger partial charge in [0.25, 0.3) is 11.1 Å². The summed E-state index contributed by atoms with van der Waals surface area (Å²) in [6, 6.07) is 19.0. The van der Waals surface area contributed by atoms with E-state index in [0.717, 1.165) is 11.4 Å². The first kappa shape index (κ1) is 22.1. The minimum Gasteiger partial charge on any atom is -0.267 e. The van der Waals surface area contributed by atoms with Crippen LogP contribution in [-0.4, -0.2) is 18.7 Å². The van der Waals surface area contributed by atoms with E-state index in [9.17, 15) is 9.59 Å². The highest BCUT2D eigenvalue weighted by Crippen LogP contribution is 2.22. The summed E-state index contributed by atoms with van der Waals surface area (Å²) in [7, 11) is 3.50. The number of para-hydroxylation sites is 2. The van der Waals surface area contributed by atoms with Crippen molar-refractivity contribution in [2.45, 2.75) is 26.7 Å². The molecule has 0 aliphatic heterocycles. The zero-order valence-electron chi connectivity index (χ0n) is 19.2. The molecule has 0 radical (unpaired) electrons. The average molecular weight is 446 g/mol. The molecule has 9 heteroatoms. The fraction of sp³-hybridized carbons (Fsp3) is 0.250. The van der Waals surface area contributed by atoms with Gasteiger partial charge in [-0.05, 0) is 37.1 Å². The van der Waals surface area contributed by atoms with Gasteiger partial charge in [0.05, 0.1) is 22.5 Å². The summed E-state index contributed by atoms with van der Waals surface area (Å²) >= 11 is 0. The van der Waals surface area contributed by atoms with Crippen molar-refractivity contribution in [3.05, 3.63) is 92.5 Å². The molecule has 33 heavy (non-hydrogen) atoms. The van der Waals surface area contributed by atoms with Crippen LogP contribution in [0.4, 0.5) is 11.6 Å². The van der Waals surface area contributed by atoms with E-state index < -0.39 is 0 Å². The Morgan fingerprint density at radius 1 is 0.727 bits per heavy atom. The minimum absolute atomic E-state index is 0.101. The Labute approximate surface area is 191 Å². The number of nitrogens with zero attached hydrogens (tertiary/aromatic N) is 6. The van der Waals surface area contributed by atoms with Crippen LogP contribution in [0.5, 0.6) is 0 Å². The molecule has 0 aliphatic rings. The summed E-state index contributed by atoms with van der Waals surface area (Å²) in [6.07, 6.45) is 1.05. The highest BCUT2D eigenvalue weighted by Gasteiger charge is 2.19. The van der Waals surface area contributed by atoms with Gasteiger partial charge < -0.3 is 0 Å². The molecule has 0 saturated carbocycles. The molecule has 0 spiro atoms. The minimum atomic E-state index is -0.129. The SMILES string of the molecule is CCc1c(NN=Nc2c(CC)c(=O)n(-c3ccccc3)n2C)n(-c2ccccc2)n(C)c1=O. The molecule has 0 saturated heterocycles. The zero-order valence-corrected chi connectivity index (χ0v) is 19.2.